The van der Waals surface area contributed by atoms with Gasteiger partial charge in [0.05, 0.1) is 0 Å². The van der Waals surface area contributed by atoms with Gasteiger partial charge in [0.15, 0.2) is 0 Å². The fourth-order valence-electron chi connectivity index (χ4n) is 3.14. The third-order valence-corrected chi connectivity index (χ3v) is 5.00. The average molecular weight is 399 g/mol. The van der Waals surface area contributed by atoms with Gasteiger partial charge < -0.3 is 10.2 Å². The first-order valence-corrected chi connectivity index (χ1v) is 10.3. The van der Waals surface area contributed by atoms with E-state index in [1.807, 2.05) is 51.1 Å². The van der Waals surface area contributed by atoms with Crippen molar-refractivity contribution >= 4 is 11.8 Å². The van der Waals surface area contributed by atoms with Crippen LogP contribution in [0.1, 0.15) is 51.2 Å². The molecule has 0 heterocycles. The van der Waals surface area contributed by atoms with E-state index in [0.717, 1.165) is 17.5 Å². The summed E-state index contributed by atoms with van der Waals surface area (Å²) in [6.45, 7) is 6.18. The predicted molar refractivity (Wildman–Crippen MR) is 114 cm³/mol. The van der Waals surface area contributed by atoms with Crippen LogP contribution in [-0.2, 0) is 22.6 Å². The Hall–Kier alpha value is -2.69. The second-order valence-electron chi connectivity index (χ2n) is 7.42. The van der Waals surface area contributed by atoms with Gasteiger partial charge in [0.2, 0.25) is 11.8 Å². The van der Waals surface area contributed by atoms with Crippen molar-refractivity contribution in [2.45, 2.75) is 65.1 Å². The Labute approximate surface area is 173 Å². The van der Waals surface area contributed by atoms with Gasteiger partial charge in [-0.25, -0.2) is 4.39 Å². The van der Waals surface area contributed by atoms with E-state index in [2.05, 4.69) is 5.32 Å². The first-order chi connectivity index (χ1) is 13.9. The van der Waals surface area contributed by atoms with E-state index in [4.69, 9.17) is 0 Å². The Morgan fingerprint density at radius 3 is 2.24 bits per heavy atom. The molecule has 29 heavy (non-hydrogen) atoms. The summed E-state index contributed by atoms with van der Waals surface area (Å²) in [5.74, 6) is -0.553. The van der Waals surface area contributed by atoms with E-state index in [-0.39, 0.29) is 30.2 Å². The molecule has 0 aliphatic heterocycles. The largest absolute Gasteiger partial charge is 0.352 e. The van der Waals surface area contributed by atoms with Gasteiger partial charge in [-0.2, -0.15) is 0 Å². The summed E-state index contributed by atoms with van der Waals surface area (Å²) in [4.78, 5) is 27.8. The number of amides is 2. The van der Waals surface area contributed by atoms with E-state index in [1.54, 1.807) is 17.0 Å². The molecule has 2 atom stereocenters. The molecule has 0 radical (unpaired) electrons. The highest BCUT2D eigenvalue weighted by Gasteiger charge is 2.30. The molecule has 0 fully saturated rings. The summed E-state index contributed by atoms with van der Waals surface area (Å²) >= 11 is 0. The number of hydrogen-bond donors (Lipinski definition) is 1. The lowest BCUT2D eigenvalue weighted by Gasteiger charge is -2.32. The van der Waals surface area contributed by atoms with Gasteiger partial charge in [-0.1, -0.05) is 56.3 Å². The van der Waals surface area contributed by atoms with Crippen LogP contribution in [0.2, 0.25) is 0 Å². The minimum absolute atomic E-state index is 0.0229. The number of benzene rings is 2. The summed E-state index contributed by atoms with van der Waals surface area (Å²) in [5, 5.41) is 3.03. The lowest BCUT2D eigenvalue weighted by molar-refractivity contribution is -0.141. The summed E-state index contributed by atoms with van der Waals surface area (Å²) in [6, 6.07) is 15.2. The molecule has 0 aliphatic rings. The zero-order valence-corrected chi connectivity index (χ0v) is 17.5. The van der Waals surface area contributed by atoms with E-state index in [9.17, 15) is 14.0 Å². The normalized spacial score (nSPS) is 12.8. The number of nitrogens with one attached hydrogen (secondary N) is 1. The van der Waals surface area contributed by atoms with Crippen molar-refractivity contribution < 1.29 is 14.0 Å². The third kappa shape index (κ3) is 7.00. The fraction of sp³-hybridized carbons (Fsp3) is 0.417. The molecule has 2 aromatic carbocycles. The van der Waals surface area contributed by atoms with Crippen LogP contribution in [0.25, 0.3) is 0 Å². The zero-order chi connectivity index (χ0) is 21.2. The van der Waals surface area contributed by atoms with Crippen LogP contribution in [0, 0.1) is 5.82 Å². The van der Waals surface area contributed by atoms with Gasteiger partial charge in [0.1, 0.15) is 11.9 Å². The summed E-state index contributed by atoms with van der Waals surface area (Å²) in [7, 11) is 0. The van der Waals surface area contributed by atoms with Crippen LogP contribution in [0.15, 0.2) is 54.6 Å². The molecule has 2 rings (SSSR count). The van der Waals surface area contributed by atoms with E-state index in [0.29, 0.717) is 19.3 Å². The number of halogens is 1. The van der Waals surface area contributed by atoms with Crippen LogP contribution in [0.5, 0.6) is 0 Å². The summed E-state index contributed by atoms with van der Waals surface area (Å²) in [5.41, 5.74) is 1.79. The number of carbonyl (C=O) groups is 2. The summed E-state index contributed by atoms with van der Waals surface area (Å²) in [6.07, 6.45) is 2.30. The highest BCUT2D eigenvalue weighted by molar-refractivity contribution is 5.88. The highest BCUT2D eigenvalue weighted by Crippen LogP contribution is 2.17. The Morgan fingerprint density at radius 1 is 1.00 bits per heavy atom. The number of hydrogen-bond acceptors (Lipinski definition) is 2. The number of rotatable bonds is 10. The molecule has 0 saturated heterocycles. The topological polar surface area (TPSA) is 49.4 Å². The average Bonchev–Trinajstić information content (AvgIpc) is 2.72. The van der Waals surface area contributed by atoms with Gasteiger partial charge in [-0.15, -0.1) is 0 Å². The van der Waals surface area contributed by atoms with Crippen molar-refractivity contribution in [1.29, 1.82) is 0 Å². The molecular weight excluding hydrogens is 367 g/mol. The zero-order valence-electron chi connectivity index (χ0n) is 17.5. The predicted octanol–water partition coefficient (Wildman–Crippen LogP) is 4.48. The van der Waals surface area contributed by atoms with Gasteiger partial charge >= 0.3 is 0 Å². The van der Waals surface area contributed by atoms with Gasteiger partial charge in [-0.3, -0.25) is 9.59 Å². The maximum atomic E-state index is 13.3. The quantitative estimate of drug-likeness (QED) is 0.641. The second kappa shape index (κ2) is 11.3. The first kappa shape index (κ1) is 22.6. The monoisotopic (exact) mass is 398 g/mol. The van der Waals surface area contributed by atoms with Crippen molar-refractivity contribution in [2.24, 2.45) is 0 Å². The molecule has 5 heteroatoms. The third-order valence-electron chi connectivity index (χ3n) is 5.00. The van der Waals surface area contributed by atoms with Crippen LogP contribution >= 0.6 is 0 Å². The minimum atomic E-state index is -0.629. The Bertz CT molecular complexity index is 777. The molecule has 156 valence electrons. The van der Waals surface area contributed by atoms with Gasteiger partial charge in [0.25, 0.3) is 0 Å². The molecule has 0 bridgehead atoms. The molecule has 2 amide bonds. The standard InChI is InChI=1S/C24H31FN2O2/c1-4-9-23(28)27(17-20-12-14-21(25)15-13-20)22(24(29)26-18(3)5-2)16-19-10-7-6-8-11-19/h6-8,10-15,18,22H,4-5,9,16-17H2,1-3H3,(H,26,29). The Kier molecular flexibility index (Phi) is 8.84. The van der Waals surface area contributed by atoms with Crippen molar-refractivity contribution in [2.75, 3.05) is 0 Å². The van der Waals surface area contributed by atoms with E-state index >= 15 is 0 Å². The number of carbonyl (C=O) groups excluding carboxylic acids is 2. The smallest absolute Gasteiger partial charge is 0.243 e. The van der Waals surface area contributed by atoms with Crippen molar-refractivity contribution in [1.82, 2.24) is 10.2 Å². The Morgan fingerprint density at radius 2 is 1.66 bits per heavy atom. The lowest BCUT2D eigenvalue weighted by Crippen LogP contribution is -2.52. The minimum Gasteiger partial charge on any atom is -0.352 e. The molecule has 2 aromatic rings. The molecule has 0 saturated carbocycles. The molecule has 2 unspecified atom stereocenters. The summed E-state index contributed by atoms with van der Waals surface area (Å²) < 4.78 is 13.3. The van der Waals surface area contributed by atoms with Crippen LogP contribution < -0.4 is 5.32 Å². The van der Waals surface area contributed by atoms with Crippen molar-refractivity contribution in [3.8, 4) is 0 Å². The molecule has 0 spiro atoms. The van der Waals surface area contributed by atoms with Crippen molar-refractivity contribution in [3.63, 3.8) is 0 Å². The van der Waals surface area contributed by atoms with E-state index in [1.165, 1.54) is 12.1 Å². The maximum Gasteiger partial charge on any atom is 0.243 e. The molecule has 0 aliphatic carbocycles. The van der Waals surface area contributed by atoms with Gasteiger partial charge in [-0.05, 0) is 43.0 Å². The molecule has 1 N–H and O–H groups in total. The lowest BCUT2D eigenvalue weighted by atomic mass is 10.0. The Balaban J connectivity index is 2.35. The van der Waals surface area contributed by atoms with Crippen LogP contribution in [-0.4, -0.2) is 28.8 Å². The van der Waals surface area contributed by atoms with Crippen LogP contribution in [0.4, 0.5) is 4.39 Å². The maximum absolute atomic E-state index is 13.3. The molecule has 4 nitrogen and oxygen atoms in total. The fourth-order valence-corrected chi connectivity index (χ4v) is 3.14. The SMILES string of the molecule is CCCC(=O)N(Cc1ccc(F)cc1)C(Cc1ccccc1)C(=O)NC(C)CC. The molecule has 0 aromatic heterocycles. The van der Waals surface area contributed by atoms with Gasteiger partial charge in [0, 0.05) is 25.4 Å². The van der Waals surface area contributed by atoms with Crippen molar-refractivity contribution in [3.05, 3.63) is 71.5 Å². The number of nitrogens with zero attached hydrogens (tertiary/aromatic N) is 1. The highest BCUT2D eigenvalue weighted by atomic mass is 19.1. The molecular formula is C24H31FN2O2. The first-order valence-electron chi connectivity index (χ1n) is 10.3. The second-order valence-corrected chi connectivity index (χ2v) is 7.42. The van der Waals surface area contributed by atoms with E-state index < -0.39 is 6.04 Å². The van der Waals surface area contributed by atoms with Crippen LogP contribution in [0.3, 0.4) is 0 Å².